The molecule has 2 heteroatoms. The molecule has 0 spiro atoms. The molecule has 0 saturated heterocycles. The predicted octanol–water partition coefficient (Wildman–Crippen LogP) is 14.0. The third kappa shape index (κ3) is 7.01. The number of hydrogen-bond donors (Lipinski definition) is 0. The van der Waals surface area contributed by atoms with E-state index < -0.39 is 0 Å². The molecule has 0 aliphatic rings. The Bertz CT molecular complexity index is 1670. The van der Waals surface area contributed by atoms with E-state index in [9.17, 15) is 0 Å². The molecular formula is C42H52O2. The van der Waals surface area contributed by atoms with Crippen molar-refractivity contribution in [3.05, 3.63) is 72.2 Å². The molecule has 4 aromatic carbocycles. The lowest BCUT2D eigenvalue weighted by molar-refractivity contribution is 0.518. The van der Waals surface area contributed by atoms with Gasteiger partial charge in [-0.05, 0) is 69.4 Å². The molecule has 2 heterocycles. The fourth-order valence-electron chi connectivity index (χ4n) is 7.30. The topological polar surface area (TPSA) is 26.3 Å². The van der Waals surface area contributed by atoms with Crippen molar-refractivity contribution in [3.8, 4) is 0 Å². The zero-order chi connectivity index (χ0) is 30.1. The summed E-state index contributed by atoms with van der Waals surface area (Å²) in [6.07, 6.45) is 23.5. The molecule has 0 unspecified atom stereocenters. The number of fused-ring (bicyclic) bond motifs is 9. The third-order valence-corrected chi connectivity index (χ3v) is 9.84. The zero-order valence-electron chi connectivity index (χ0n) is 27.3. The van der Waals surface area contributed by atoms with E-state index >= 15 is 0 Å². The van der Waals surface area contributed by atoms with Crippen molar-refractivity contribution in [3.63, 3.8) is 0 Å². The van der Waals surface area contributed by atoms with Gasteiger partial charge in [-0.3, -0.25) is 0 Å². The molecule has 0 atom stereocenters. The zero-order valence-corrected chi connectivity index (χ0v) is 27.3. The average molecular weight is 589 g/mol. The van der Waals surface area contributed by atoms with E-state index in [0.29, 0.717) is 0 Å². The highest BCUT2D eigenvalue weighted by Crippen LogP contribution is 2.38. The third-order valence-electron chi connectivity index (χ3n) is 9.84. The molecule has 0 N–H and O–H groups in total. The van der Waals surface area contributed by atoms with Crippen LogP contribution in [0.5, 0.6) is 0 Å². The van der Waals surface area contributed by atoms with E-state index in [4.69, 9.17) is 8.83 Å². The normalized spacial score (nSPS) is 12.1. The second kappa shape index (κ2) is 15.2. The van der Waals surface area contributed by atoms with Gasteiger partial charge in [-0.25, -0.2) is 0 Å². The summed E-state index contributed by atoms with van der Waals surface area (Å²) in [5.74, 6) is 2.25. The van der Waals surface area contributed by atoms with Crippen LogP contribution in [0, 0.1) is 0 Å². The largest absolute Gasteiger partial charge is 0.461 e. The lowest BCUT2D eigenvalue weighted by Crippen LogP contribution is -1.84. The van der Waals surface area contributed by atoms with Gasteiger partial charge in [0.05, 0.1) is 0 Å². The molecule has 44 heavy (non-hydrogen) atoms. The summed E-state index contributed by atoms with van der Waals surface area (Å²) in [6, 6.07) is 22.7. The summed E-state index contributed by atoms with van der Waals surface area (Å²) in [4.78, 5) is 0. The number of furan rings is 2. The monoisotopic (exact) mass is 588 g/mol. The Kier molecular flexibility index (Phi) is 10.6. The van der Waals surface area contributed by atoms with Crippen LogP contribution in [0.4, 0.5) is 0 Å². The lowest BCUT2D eigenvalue weighted by Gasteiger charge is -2.08. The van der Waals surface area contributed by atoms with Crippen molar-refractivity contribution in [1.29, 1.82) is 0 Å². The van der Waals surface area contributed by atoms with Gasteiger partial charge in [0.15, 0.2) is 0 Å². The van der Waals surface area contributed by atoms with Crippen LogP contribution >= 0.6 is 0 Å². The van der Waals surface area contributed by atoms with Crippen LogP contribution in [-0.4, -0.2) is 0 Å². The maximum Gasteiger partial charge on any atom is 0.134 e. The minimum atomic E-state index is 1.01. The lowest BCUT2D eigenvalue weighted by atomic mass is 9.94. The fraction of sp³-hybridized carbons (Fsp3) is 0.476. The first-order chi connectivity index (χ1) is 21.8. The summed E-state index contributed by atoms with van der Waals surface area (Å²) in [5.41, 5.74) is 2.02. The predicted molar refractivity (Wildman–Crippen MR) is 191 cm³/mol. The van der Waals surface area contributed by atoms with Crippen LogP contribution in [-0.2, 0) is 12.8 Å². The minimum absolute atomic E-state index is 1.01. The van der Waals surface area contributed by atoms with E-state index in [-0.39, 0.29) is 0 Å². The van der Waals surface area contributed by atoms with E-state index in [1.165, 1.54) is 146 Å². The van der Waals surface area contributed by atoms with Crippen molar-refractivity contribution < 1.29 is 8.83 Å². The van der Waals surface area contributed by atoms with Gasteiger partial charge >= 0.3 is 0 Å². The van der Waals surface area contributed by atoms with Crippen LogP contribution in [0.25, 0.3) is 54.3 Å². The van der Waals surface area contributed by atoms with Crippen LogP contribution in [0.1, 0.15) is 128 Å². The maximum atomic E-state index is 6.32. The van der Waals surface area contributed by atoms with Crippen LogP contribution in [0.2, 0.25) is 0 Å². The molecule has 6 aromatic rings. The first-order valence-corrected chi connectivity index (χ1v) is 18.0. The average Bonchev–Trinajstić information content (AvgIpc) is 3.67. The van der Waals surface area contributed by atoms with E-state index in [2.05, 4.69) is 74.5 Å². The second-order valence-corrected chi connectivity index (χ2v) is 13.2. The number of benzene rings is 4. The molecule has 6 rings (SSSR count). The van der Waals surface area contributed by atoms with Gasteiger partial charge < -0.3 is 8.83 Å². The Hall–Kier alpha value is -3.26. The molecule has 0 aliphatic heterocycles. The molecular weight excluding hydrogens is 536 g/mol. The summed E-state index contributed by atoms with van der Waals surface area (Å²) in [6.45, 7) is 4.57. The molecule has 2 aromatic heterocycles. The Balaban J connectivity index is 1.16. The van der Waals surface area contributed by atoms with Gasteiger partial charge in [-0.1, -0.05) is 140 Å². The molecule has 0 bridgehead atoms. The molecule has 0 radical (unpaired) electrons. The van der Waals surface area contributed by atoms with E-state index in [0.717, 1.165) is 35.5 Å². The van der Waals surface area contributed by atoms with Crippen molar-refractivity contribution >= 4 is 54.3 Å². The first-order valence-electron chi connectivity index (χ1n) is 18.0. The van der Waals surface area contributed by atoms with Gasteiger partial charge in [0.25, 0.3) is 0 Å². The number of rotatable bonds is 18. The SMILES string of the molecule is CCCCCCCCCCc1cc2c(ccc3c2ccc2c4ccc5oc(CCCCCCCCCC)cc5c4ccc32)o1. The smallest absolute Gasteiger partial charge is 0.134 e. The highest BCUT2D eigenvalue weighted by molar-refractivity contribution is 6.24. The van der Waals surface area contributed by atoms with Crippen molar-refractivity contribution in [2.24, 2.45) is 0 Å². The van der Waals surface area contributed by atoms with Gasteiger partial charge in [0.2, 0.25) is 0 Å². The summed E-state index contributed by atoms with van der Waals surface area (Å²) >= 11 is 0. The van der Waals surface area contributed by atoms with Gasteiger partial charge in [0, 0.05) is 23.6 Å². The Labute approximate surface area is 264 Å². The van der Waals surface area contributed by atoms with Crippen LogP contribution in [0.15, 0.2) is 69.5 Å². The Morgan fingerprint density at radius 3 is 1.00 bits per heavy atom. The van der Waals surface area contributed by atoms with Crippen LogP contribution in [0.3, 0.4) is 0 Å². The van der Waals surface area contributed by atoms with Gasteiger partial charge in [0.1, 0.15) is 22.7 Å². The van der Waals surface area contributed by atoms with Crippen molar-refractivity contribution in [2.75, 3.05) is 0 Å². The van der Waals surface area contributed by atoms with Gasteiger partial charge in [-0.2, -0.15) is 0 Å². The van der Waals surface area contributed by atoms with Gasteiger partial charge in [-0.15, -0.1) is 0 Å². The highest BCUT2D eigenvalue weighted by atomic mass is 16.3. The highest BCUT2D eigenvalue weighted by Gasteiger charge is 2.13. The minimum Gasteiger partial charge on any atom is -0.461 e. The molecule has 0 fully saturated rings. The van der Waals surface area contributed by atoms with E-state index in [1.54, 1.807) is 0 Å². The number of aryl methyl sites for hydroxylation is 2. The number of hydrogen-bond acceptors (Lipinski definition) is 2. The second-order valence-electron chi connectivity index (χ2n) is 13.2. The number of unbranched alkanes of at least 4 members (excludes halogenated alkanes) is 14. The Morgan fingerprint density at radius 2 is 0.636 bits per heavy atom. The molecule has 0 saturated carbocycles. The van der Waals surface area contributed by atoms with E-state index in [1.807, 2.05) is 0 Å². The quantitative estimate of drug-likeness (QED) is 0.0737. The molecule has 0 aliphatic carbocycles. The summed E-state index contributed by atoms with van der Waals surface area (Å²) < 4.78 is 12.6. The van der Waals surface area contributed by atoms with Crippen LogP contribution < -0.4 is 0 Å². The maximum absolute atomic E-state index is 6.32. The molecule has 232 valence electrons. The fourth-order valence-corrected chi connectivity index (χ4v) is 7.30. The van der Waals surface area contributed by atoms with Crippen molar-refractivity contribution in [1.82, 2.24) is 0 Å². The standard InChI is InChI=1S/C42H52O2/c1-3-5-7-9-11-13-15-17-19-31-29-39-37-23-21-34-33(35(37)25-27-41(39)43-31)22-24-38-36(34)26-28-42-40(38)30-32(44-42)20-18-16-14-12-10-8-6-4-2/h21-30H,3-20H2,1-2H3. The summed E-state index contributed by atoms with van der Waals surface area (Å²) in [5, 5.41) is 10.3. The summed E-state index contributed by atoms with van der Waals surface area (Å²) in [7, 11) is 0. The molecule has 2 nitrogen and oxygen atoms in total. The van der Waals surface area contributed by atoms with Crippen molar-refractivity contribution in [2.45, 2.75) is 129 Å². The Morgan fingerprint density at radius 1 is 0.341 bits per heavy atom. The molecule has 0 amide bonds. The first kappa shape index (κ1) is 30.8.